The zero-order valence-corrected chi connectivity index (χ0v) is 19.9. The van der Waals surface area contributed by atoms with Crippen LogP contribution >= 0.6 is 0 Å². The van der Waals surface area contributed by atoms with Crippen LogP contribution in [-0.4, -0.2) is 44.5 Å². The predicted octanol–water partition coefficient (Wildman–Crippen LogP) is 4.47. The number of anilines is 2. The molecule has 1 aliphatic rings. The first kappa shape index (κ1) is 23.2. The minimum absolute atomic E-state index is 0.0525. The Labute approximate surface area is 195 Å². The Kier molecular flexibility index (Phi) is 6.41. The molecule has 0 amide bonds. The monoisotopic (exact) mass is 468 g/mol. The lowest BCUT2D eigenvalue weighted by atomic mass is 9.92. The highest BCUT2D eigenvalue weighted by Gasteiger charge is 2.36. The summed E-state index contributed by atoms with van der Waals surface area (Å²) in [6.07, 6.45) is 1.03. The van der Waals surface area contributed by atoms with E-state index in [2.05, 4.69) is 57.6 Å². The summed E-state index contributed by atoms with van der Waals surface area (Å²) in [7, 11) is -1.81. The van der Waals surface area contributed by atoms with Gasteiger partial charge < -0.3 is 4.90 Å². The molecule has 1 saturated heterocycles. The number of hydrogen-bond acceptors (Lipinski definition) is 5. The van der Waals surface area contributed by atoms with Gasteiger partial charge in [0.15, 0.2) is 0 Å². The van der Waals surface area contributed by atoms with Gasteiger partial charge in [-0.05, 0) is 62.2 Å². The zero-order chi connectivity index (χ0) is 23.6. The molecule has 1 aliphatic heterocycles. The highest BCUT2D eigenvalue weighted by Crippen LogP contribution is 2.33. The fraction of sp³-hybridized carbons (Fsp3) is 0.320. The second-order valence-corrected chi connectivity index (χ2v) is 10.6. The van der Waals surface area contributed by atoms with Crippen LogP contribution in [0.25, 0.3) is 0 Å². The van der Waals surface area contributed by atoms with Gasteiger partial charge in [-0.3, -0.25) is 9.62 Å². The van der Waals surface area contributed by atoms with Crippen LogP contribution in [-0.2, 0) is 15.6 Å². The number of nitrogens with zero attached hydrogens (tertiary/aromatic N) is 3. The summed E-state index contributed by atoms with van der Waals surface area (Å²) in [5.41, 5.74) is 2.18. The van der Waals surface area contributed by atoms with E-state index in [9.17, 15) is 12.8 Å². The van der Waals surface area contributed by atoms with Crippen molar-refractivity contribution in [2.45, 2.75) is 36.7 Å². The van der Waals surface area contributed by atoms with Crippen LogP contribution in [0.2, 0.25) is 0 Å². The van der Waals surface area contributed by atoms with Crippen LogP contribution in [0.3, 0.4) is 0 Å². The minimum atomic E-state index is -3.86. The van der Waals surface area contributed by atoms with E-state index in [0.29, 0.717) is 6.04 Å². The van der Waals surface area contributed by atoms with Gasteiger partial charge in [-0.1, -0.05) is 36.4 Å². The SMILES string of the molecule is CN(c1ccc(S(=O)(=O)Nc2cccc(F)n2)cc1)C1CCN(C(C)(C)c2ccccc2)C1. The molecule has 2 aromatic carbocycles. The van der Waals surface area contributed by atoms with Gasteiger partial charge in [0.2, 0.25) is 5.95 Å². The molecule has 1 aromatic heterocycles. The molecular formula is C25H29FN4O2S. The van der Waals surface area contributed by atoms with Crippen molar-refractivity contribution >= 4 is 21.5 Å². The average molecular weight is 469 g/mol. The van der Waals surface area contributed by atoms with E-state index in [1.54, 1.807) is 24.3 Å². The van der Waals surface area contributed by atoms with Crippen molar-refractivity contribution in [3.8, 4) is 0 Å². The van der Waals surface area contributed by atoms with Crippen molar-refractivity contribution in [3.63, 3.8) is 0 Å². The number of benzene rings is 2. The number of sulfonamides is 1. The molecule has 0 aliphatic carbocycles. The van der Waals surface area contributed by atoms with Crippen LogP contribution in [0.5, 0.6) is 0 Å². The molecule has 2 heterocycles. The molecule has 8 heteroatoms. The summed E-state index contributed by atoms with van der Waals surface area (Å²) in [6, 6.07) is 21.6. The van der Waals surface area contributed by atoms with E-state index >= 15 is 0 Å². The van der Waals surface area contributed by atoms with Gasteiger partial charge in [0.1, 0.15) is 5.82 Å². The van der Waals surface area contributed by atoms with E-state index in [1.165, 1.54) is 17.7 Å². The molecule has 1 N–H and O–H groups in total. The number of aromatic nitrogens is 1. The Morgan fingerprint density at radius 3 is 2.39 bits per heavy atom. The fourth-order valence-electron chi connectivity index (χ4n) is 4.33. The van der Waals surface area contributed by atoms with E-state index in [4.69, 9.17) is 0 Å². The first-order chi connectivity index (χ1) is 15.7. The quantitative estimate of drug-likeness (QED) is 0.519. The van der Waals surface area contributed by atoms with Crippen LogP contribution in [0.4, 0.5) is 15.9 Å². The molecule has 1 atom stereocenters. The summed E-state index contributed by atoms with van der Waals surface area (Å²) >= 11 is 0. The van der Waals surface area contributed by atoms with E-state index < -0.39 is 16.0 Å². The average Bonchev–Trinajstić information content (AvgIpc) is 3.30. The Morgan fingerprint density at radius 2 is 1.73 bits per heavy atom. The Balaban J connectivity index is 1.44. The predicted molar refractivity (Wildman–Crippen MR) is 129 cm³/mol. The van der Waals surface area contributed by atoms with Crippen LogP contribution in [0, 0.1) is 5.95 Å². The van der Waals surface area contributed by atoms with Crippen molar-refractivity contribution in [1.29, 1.82) is 0 Å². The molecule has 0 spiro atoms. The molecule has 3 aromatic rings. The number of likely N-dealkylation sites (tertiary alicyclic amines) is 1. The van der Waals surface area contributed by atoms with Crippen molar-refractivity contribution in [1.82, 2.24) is 9.88 Å². The summed E-state index contributed by atoms with van der Waals surface area (Å²) < 4.78 is 40.9. The maximum atomic E-state index is 13.3. The molecule has 174 valence electrons. The third-order valence-electron chi connectivity index (χ3n) is 6.49. The summed E-state index contributed by atoms with van der Waals surface area (Å²) in [5.74, 6) is -0.795. The first-order valence-electron chi connectivity index (χ1n) is 11.0. The highest BCUT2D eigenvalue weighted by atomic mass is 32.2. The van der Waals surface area contributed by atoms with E-state index in [0.717, 1.165) is 31.3 Å². The molecule has 0 bridgehead atoms. The van der Waals surface area contributed by atoms with Gasteiger partial charge in [-0.15, -0.1) is 0 Å². The van der Waals surface area contributed by atoms with Crippen LogP contribution in [0.15, 0.2) is 77.7 Å². The lowest BCUT2D eigenvalue weighted by molar-refractivity contribution is 0.153. The molecule has 6 nitrogen and oxygen atoms in total. The van der Waals surface area contributed by atoms with Gasteiger partial charge in [0, 0.05) is 37.4 Å². The normalized spacial score (nSPS) is 17.2. The van der Waals surface area contributed by atoms with E-state index in [1.807, 2.05) is 13.1 Å². The smallest absolute Gasteiger partial charge is 0.263 e. The molecule has 1 fully saturated rings. The third kappa shape index (κ3) is 5.02. The fourth-order valence-corrected chi connectivity index (χ4v) is 5.33. The Hall–Kier alpha value is -2.97. The zero-order valence-electron chi connectivity index (χ0n) is 19.1. The van der Waals surface area contributed by atoms with Crippen molar-refractivity contribution in [2.24, 2.45) is 0 Å². The number of likely N-dealkylation sites (N-methyl/N-ethyl adjacent to an activating group) is 1. The maximum absolute atomic E-state index is 13.3. The number of rotatable bonds is 7. The molecule has 33 heavy (non-hydrogen) atoms. The number of hydrogen-bond donors (Lipinski definition) is 1. The van der Waals surface area contributed by atoms with Gasteiger partial charge >= 0.3 is 0 Å². The molecular weight excluding hydrogens is 439 g/mol. The van der Waals surface area contributed by atoms with Crippen molar-refractivity contribution < 1.29 is 12.8 Å². The molecule has 0 radical (unpaired) electrons. The lowest BCUT2D eigenvalue weighted by Gasteiger charge is -2.37. The highest BCUT2D eigenvalue weighted by molar-refractivity contribution is 7.92. The molecule has 0 saturated carbocycles. The maximum Gasteiger partial charge on any atom is 0.263 e. The number of nitrogens with one attached hydrogen (secondary N) is 1. The van der Waals surface area contributed by atoms with Crippen molar-refractivity contribution in [3.05, 3.63) is 84.3 Å². The standard InChI is InChI=1S/C25H29FN4O2S/c1-25(2,19-8-5-4-6-9-19)30-17-16-21(18-30)29(3)20-12-14-22(15-13-20)33(31,32)28-24-11-7-10-23(26)27-24/h4-15,21H,16-18H2,1-3H3,(H,27,28). The molecule has 1 unspecified atom stereocenters. The van der Waals surface area contributed by atoms with Gasteiger partial charge in [0.05, 0.1) is 4.90 Å². The van der Waals surface area contributed by atoms with E-state index in [-0.39, 0.29) is 16.3 Å². The first-order valence-corrected chi connectivity index (χ1v) is 12.4. The summed E-state index contributed by atoms with van der Waals surface area (Å²) in [5, 5.41) is 0. The topological polar surface area (TPSA) is 65.5 Å². The van der Waals surface area contributed by atoms with Gasteiger partial charge in [0.25, 0.3) is 10.0 Å². The molecule has 4 rings (SSSR count). The Bertz CT molecular complexity index is 1200. The van der Waals surface area contributed by atoms with Crippen LogP contribution < -0.4 is 9.62 Å². The van der Waals surface area contributed by atoms with Crippen molar-refractivity contribution in [2.75, 3.05) is 29.8 Å². The van der Waals surface area contributed by atoms with Gasteiger partial charge in [-0.2, -0.15) is 4.39 Å². The largest absolute Gasteiger partial charge is 0.370 e. The number of halogens is 1. The third-order valence-corrected chi connectivity index (χ3v) is 7.86. The second-order valence-electron chi connectivity index (χ2n) is 8.87. The number of pyridine rings is 1. The minimum Gasteiger partial charge on any atom is -0.370 e. The second kappa shape index (κ2) is 9.11. The Morgan fingerprint density at radius 1 is 1.03 bits per heavy atom. The van der Waals surface area contributed by atoms with Gasteiger partial charge in [-0.25, -0.2) is 13.4 Å². The van der Waals surface area contributed by atoms with Crippen LogP contribution in [0.1, 0.15) is 25.8 Å². The lowest BCUT2D eigenvalue weighted by Crippen LogP contribution is -2.42. The summed E-state index contributed by atoms with van der Waals surface area (Å²) in [4.78, 5) is 8.37. The summed E-state index contributed by atoms with van der Waals surface area (Å²) in [6.45, 7) is 6.43.